The normalized spacial score (nSPS) is 14.8. The number of allylic oxidation sites excluding steroid dienone is 1. The lowest BCUT2D eigenvalue weighted by Gasteiger charge is -2.12. The summed E-state index contributed by atoms with van der Waals surface area (Å²) < 4.78 is 14.9. The van der Waals surface area contributed by atoms with Crippen LogP contribution in [-0.4, -0.2) is 27.4 Å². The molecule has 1 aliphatic heterocycles. The van der Waals surface area contributed by atoms with E-state index in [0.29, 0.717) is 41.1 Å². The van der Waals surface area contributed by atoms with E-state index >= 15 is 0 Å². The summed E-state index contributed by atoms with van der Waals surface area (Å²) in [5, 5.41) is 9.31. The van der Waals surface area contributed by atoms with E-state index in [4.69, 9.17) is 11.6 Å². The minimum atomic E-state index is -0.585. The molecule has 1 atom stereocenters. The number of hydrogen-bond donors (Lipinski definition) is 4. The first-order chi connectivity index (χ1) is 18.4. The fourth-order valence-corrected chi connectivity index (χ4v) is 5.39. The average Bonchev–Trinajstić information content (AvgIpc) is 3.33. The van der Waals surface area contributed by atoms with E-state index in [1.165, 1.54) is 23.9 Å². The molecule has 194 valence electrons. The number of rotatable bonds is 7. The van der Waals surface area contributed by atoms with Crippen LogP contribution in [0, 0.1) is 5.82 Å². The summed E-state index contributed by atoms with van der Waals surface area (Å²) in [7, 11) is 0. The molecule has 1 unspecified atom stereocenters. The summed E-state index contributed by atoms with van der Waals surface area (Å²) in [6, 6.07) is 17.3. The number of aromatic amines is 1. The molecule has 0 radical (unpaired) electrons. The highest BCUT2D eigenvalue weighted by molar-refractivity contribution is 8.05. The second-order valence-electron chi connectivity index (χ2n) is 8.68. The van der Waals surface area contributed by atoms with Gasteiger partial charge in [0, 0.05) is 29.7 Å². The van der Waals surface area contributed by atoms with E-state index in [9.17, 15) is 18.8 Å². The molecular weight excluding hydrogens is 529 g/mol. The van der Waals surface area contributed by atoms with Gasteiger partial charge in [0.15, 0.2) is 0 Å². The summed E-state index contributed by atoms with van der Waals surface area (Å²) in [6.45, 7) is 0.934. The van der Waals surface area contributed by atoms with Gasteiger partial charge in [0.1, 0.15) is 5.82 Å². The van der Waals surface area contributed by atoms with E-state index in [1.54, 1.807) is 54.6 Å². The Morgan fingerprint density at radius 3 is 2.50 bits per heavy atom. The SMILES string of the molecule is O=C(NCC1CC=C(Cl)S1)Nc1ccc(-n2c(=O)[nH]c3cc(NCc4ccc(F)cc4)ccc3c2=O)cc1. The monoisotopic (exact) mass is 551 g/mol. The minimum absolute atomic E-state index is 0.212. The smallest absolute Gasteiger partial charge is 0.333 e. The maximum absolute atomic E-state index is 13.2. The van der Waals surface area contributed by atoms with Crippen LogP contribution in [0.5, 0.6) is 0 Å². The molecule has 38 heavy (non-hydrogen) atoms. The number of thioether (sulfide) groups is 1. The predicted octanol–water partition coefficient (Wildman–Crippen LogP) is 5.14. The first kappa shape index (κ1) is 25.6. The van der Waals surface area contributed by atoms with Crippen molar-refractivity contribution in [3.05, 3.63) is 109 Å². The third kappa shape index (κ3) is 5.92. The van der Waals surface area contributed by atoms with Crippen molar-refractivity contribution < 1.29 is 9.18 Å². The van der Waals surface area contributed by atoms with E-state index in [1.807, 2.05) is 6.08 Å². The Morgan fingerprint density at radius 2 is 1.79 bits per heavy atom. The van der Waals surface area contributed by atoms with Crippen molar-refractivity contribution in [3.8, 4) is 5.69 Å². The van der Waals surface area contributed by atoms with Crippen LogP contribution >= 0.6 is 23.4 Å². The highest BCUT2D eigenvalue weighted by Crippen LogP contribution is 2.34. The van der Waals surface area contributed by atoms with Crippen LogP contribution in [0.15, 0.2) is 86.8 Å². The lowest BCUT2D eigenvalue weighted by atomic mass is 10.2. The number of halogens is 2. The van der Waals surface area contributed by atoms with Crippen LogP contribution in [0.4, 0.5) is 20.6 Å². The molecule has 11 heteroatoms. The molecule has 0 aliphatic carbocycles. The quantitative estimate of drug-likeness (QED) is 0.254. The van der Waals surface area contributed by atoms with E-state index in [2.05, 4.69) is 20.9 Å². The van der Waals surface area contributed by atoms with Gasteiger partial charge in [0.05, 0.1) is 21.0 Å². The van der Waals surface area contributed by atoms with Gasteiger partial charge < -0.3 is 20.9 Å². The number of carbonyl (C=O) groups excluding carboxylic acids is 1. The molecule has 2 amide bonds. The maximum Gasteiger partial charge on any atom is 0.333 e. The Bertz CT molecular complexity index is 1630. The Balaban J connectivity index is 1.27. The van der Waals surface area contributed by atoms with Gasteiger partial charge in [-0.25, -0.2) is 18.5 Å². The number of hydrogen-bond acceptors (Lipinski definition) is 5. The Hall–Kier alpha value is -4.02. The van der Waals surface area contributed by atoms with E-state index in [0.717, 1.165) is 20.9 Å². The summed E-state index contributed by atoms with van der Waals surface area (Å²) in [4.78, 5) is 41.0. The van der Waals surface area contributed by atoms with Crippen molar-refractivity contribution >= 4 is 51.7 Å². The van der Waals surface area contributed by atoms with Gasteiger partial charge in [-0.3, -0.25) is 4.79 Å². The molecule has 0 fully saturated rings. The number of nitrogens with one attached hydrogen (secondary N) is 4. The van der Waals surface area contributed by atoms with Crippen LogP contribution in [0.2, 0.25) is 0 Å². The number of fused-ring (bicyclic) bond motifs is 1. The number of anilines is 2. The van der Waals surface area contributed by atoms with Crippen molar-refractivity contribution in [2.45, 2.75) is 18.2 Å². The molecular formula is C27H23ClFN5O3S. The second kappa shape index (κ2) is 11.2. The number of carbonyl (C=O) groups is 1. The summed E-state index contributed by atoms with van der Waals surface area (Å²) >= 11 is 7.47. The maximum atomic E-state index is 13.2. The molecule has 4 N–H and O–H groups in total. The molecule has 1 aromatic heterocycles. The highest BCUT2D eigenvalue weighted by Gasteiger charge is 2.17. The fourth-order valence-electron chi connectivity index (χ4n) is 4.05. The number of urea groups is 1. The zero-order chi connectivity index (χ0) is 26.6. The number of benzene rings is 3. The van der Waals surface area contributed by atoms with Crippen molar-refractivity contribution in [2.24, 2.45) is 0 Å². The van der Waals surface area contributed by atoms with Crippen molar-refractivity contribution in [2.75, 3.05) is 17.2 Å². The molecule has 5 rings (SSSR count). The second-order valence-corrected chi connectivity index (χ2v) is 10.7. The van der Waals surface area contributed by atoms with Gasteiger partial charge in [-0.05, 0) is 66.6 Å². The molecule has 2 heterocycles. The van der Waals surface area contributed by atoms with E-state index in [-0.39, 0.29) is 17.1 Å². The summed E-state index contributed by atoms with van der Waals surface area (Å²) in [5.74, 6) is -0.303. The van der Waals surface area contributed by atoms with Crippen molar-refractivity contribution in [3.63, 3.8) is 0 Å². The first-order valence-electron chi connectivity index (χ1n) is 11.8. The molecule has 1 aliphatic rings. The highest BCUT2D eigenvalue weighted by atomic mass is 35.5. The minimum Gasteiger partial charge on any atom is -0.381 e. The van der Waals surface area contributed by atoms with Crippen LogP contribution in [0.25, 0.3) is 16.6 Å². The topological polar surface area (TPSA) is 108 Å². The van der Waals surface area contributed by atoms with Crippen LogP contribution in [0.1, 0.15) is 12.0 Å². The number of amides is 2. The zero-order valence-corrected chi connectivity index (χ0v) is 21.5. The third-order valence-electron chi connectivity index (χ3n) is 6.00. The van der Waals surface area contributed by atoms with Gasteiger partial charge in [0.25, 0.3) is 5.56 Å². The molecule has 0 spiro atoms. The average molecular weight is 552 g/mol. The Morgan fingerprint density at radius 1 is 1.05 bits per heavy atom. The molecule has 4 aromatic rings. The molecule has 0 saturated heterocycles. The van der Waals surface area contributed by atoms with Crippen molar-refractivity contribution in [1.82, 2.24) is 14.9 Å². The van der Waals surface area contributed by atoms with Gasteiger partial charge in [-0.15, -0.1) is 11.8 Å². The van der Waals surface area contributed by atoms with Gasteiger partial charge >= 0.3 is 11.7 Å². The standard InChI is InChI=1S/C27H23ClFN5O3S/c28-24-12-10-21(38-24)15-31-26(36)32-18-5-8-20(9-6-18)34-25(35)22-11-7-19(13-23(22)33-27(34)37)30-14-16-1-3-17(29)4-2-16/h1-9,11-13,21,30H,10,14-15H2,(H,33,37)(H2,31,32,36). The molecule has 0 bridgehead atoms. The fraction of sp³-hybridized carbons (Fsp3) is 0.148. The predicted molar refractivity (Wildman–Crippen MR) is 151 cm³/mol. The summed E-state index contributed by atoms with van der Waals surface area (Å²) in [6.07, 6.45) is 2.74. The zero-order valence-electron chi connectivity index (χ0n) is 20.0. The van der Waals surface area contributed by atoms with Crippen LogP contribution in [-0.2, 0) is 6.54 Å². The number of aromatic nitrogens is 2. The van der Waals surface area contributed by atoms with Crippen LogP contribution < -0.4 is 27.2 Å². The lowest BCUT2D eigenvalue weighted by molar-refractivity contribution is 0.252. The Kier molecular flexibility index (Phi) is 7.52. The van der Waals surface area contributed by atoms with Gasteiger partial charge in [0.2, 0.25) is 0 Å². The lowest BCUT2D eigenvalue weighted by Crippen LogP contribution is -2.34. The third-order valence-corrected chi connectivity index (χ3v) is 7.51. The Labute approximate surface area is 225 Å². The summed E-state index contributed by atoms with van der Waals surface area (Å²) in [5.41, 5.74) is 1.82. The molecule has 0 saturated carbocycles. The molecule has 8 nitrogen and oxygen atoms in total. The van der Waals surface area contributed by atoms with Crippen molar-refractivity contribution in [1.29, 1.82) is 0 Å². The van der Waals surface area contributed by atoms with E-state index < -0.39 is 11.2 Å². The first-order valence-corrected chi connectivity index (χ1v) is 13.1. The molecule has 3 aromatic carbocycles. The number of H-pyrrole nitrogens is 1. The van der Waals surface area contributed by atoms with Crippen LogP contribution in [0.3, 0.4) is 0 Å². The number of nitrogens with zero attached hydrogens (tertiary/aromatic N) is 1. The van der Waals surface area contributed by atoms with Gasteiger partial charge in [-0.1, -0.05) is 29.8 Å². The largest absolute Gasteiger partial charge is 0.381 e. The van der Waals surface area contributed by atoms with Gasteiger partial charge in [-0.2, -0.15) is 0 Å².